The van der Waals surface area contributed by atoms with Crippen molar-refractivity contribution in [3.8, 4) is 0 Å². The number of aliphatic hydroxyl groups is 2. The summed E-state index contributed by atoms with van der Waals surface area (Å²) in [5.74, 6) is 1.57. The van der Waals surface area contributed by atoms with E-state index < -0.39 is 0 Å². The molecule has 2 N–H and O–H groups in total. The zero-order valence-corrected chi connectivity index (χ0v) is 9.86. The van der Waals surface area contributed by atoms with E-state index in [2.05, 4.69) is 11.8 Å². The van der Waals surface area contributed by atoms with E-state index in [1.165, 1.54) is 25.7 Å². The van der Waals surface area contributed by atoms with Gasteiger partial charge in [-0.2, -0.15) is 0 Å². The Kier molecular flexibility index (Phi) is 6.22. The SMILES string of the molecule is CC1CCCCC1CN(CCO)CCO. The Labute approximate surface area is 93.1 Å². The zero-order chi connectivity index (χ0) is 11.1. The summed E-state index contributed by atoms with van der Waals surface area (Å²) in [6.45, 7) is 5.16. The molecule has 0 spiro atoms. The van der Waals surface area contributed by atoms with Crippen LogP contribution in [0.5, 0.6) is 0 Å². The van der Waals surface area contributed by atoms with Crippen molar-refractivity contribution in [1.82, 2.24) is 4.90 Å². The second-order valence-electron chi connectivity index (χ2n) is 4.77. The summed E-state index contributed by atoms with van der Waals surface area (Å²) >= 11 is 0. The largest absolute Gasteiger partial charge is 0.395 e. The molecule has 0 aromatic rings. The van der Waals surface area contributed by atoms with E-state index in [0.717, 1.165) is 18.4 Å². The molecule has 0 bridgehead atoms. The van der Waals surface area contributed by atoms with Crippen LogP contribution in [0.2, 0.25) is 0 Å². The van der Waals surface area contributed by atoms with Gasteiger partial charge in [0.15, 0.2) is 0 Å². The van der Waals surface area contributed by atoms with Crippen LogP contribution >= 0.6 is 0 Å². The van der Waals surface area contributed by atoms with Crippen LogP contribution < -0.4 is 0 Å². The molecule has 0 amide bonds. The highest BCUT2D eigenvalue weighted by Gasteiger charge is 2.23. The van der Waals surface area contributed by atoms with Gasteiger partial charge in [0.25, 0.3) is 0 Å². The molecule has 3 heteroatoms. The monoisotopic (exact) mass is 215 g/mol. The molecule has 1 saturated carbocycles. The van der Waals surface area contributed by atoms with Crippen molar-refractivity contribution in [2.45, 2.75) is 32.6 Å². The third-order valence-corrected chi connectivity index (χ3v) is 3.61. The molecule has 1 aliphatic rings. The first-order valence-electron chi connectivity index (χ1n) is 6.22. The lowest BCUT2D eigenvalue weighted by Crippen LogP contribution is -2.37. The molecule has 90 valence electrons. The smallest absolute Gasteiger partial charge is 0.0558 e. The molecule has 15 heavy (non-hydrogen) atoms. The lowest BCUT2D eigenvalue weighted by atomic mass is 9.80. The number of aliphatic hydroxyl groups excluding tert-OH is 2. The molecule has 0 radical (unpaired) electrons. The molecule has 0 heterocycles. The minimum Gasteiger partial charge on any atom is -0.395 e. The number of rotatable bonds is 6. The summed E-state index contributed by atoms with van der Waals surface area (Å²) in [5.41, 5.74) is 0. The van der Waals surface area contributed by atoms with E-state index in [9.17, 15) is 0 Å². The van der Waals surface area contributed by atoms with Crippen LogP contribution in [0.25, 0.3) is 0 Å². The number of hydrogen-bond acceptors (Lipinski definition) is 3. The minimum absolute atomic E-state index is 0.196. The molecule has 1 fully saturated rings. The van der Waals surface area contributed by atoms with Crippen molar-refractivity contribution in [3.63, 3.8) is 0 Å². The van der Waals surface area contributed by atoms with Gasteiger partial charge in [-0.25, -0.2) is 0 Å². The van der Waals surface area contributed by atoms with E-state index in [-0.39, 0.29) is 13.2 Å². The fraction of sp³-hybridized carbons (Fsp3) is 1.00. The lowest BCUT2D eigenvalue weighted by molar-refractivity contribution is 0.115. The third-order valence-electron chi connectivity index (χ3n) is 3.61. The molecule has 3 nitrogen and oxygen atoms in total. The van der Waals surface area contributed by atoms with Gasteiger partial charge >= 0.3 is 0 Å². The Morgan fingerprint density at radius 2 is 1.67 bits per heavy atom. The van der Waals surface area contributed by atoms with Crippen molar-refractivity contribution in [1.29, 1.82) is 0 Å². The average molecular weight is 215 g/mol. The van der Waals surface area contributed by atoms with Gasteiger partial charge in [0.05, 0.1) is 13.2 Å². The summed E-state index contributed by atoms with van der Waals surface area (Å²) in [4.78, 5) is 2.19. The molecule has 1 aliphatic carbocycles. The van der Waals surface area contributed by atoms with Gasteiger partial charge in [-0.3, -0.25) is 4.90 Å². The van der Waals surface area contributed by atoms with Gasteiger partial charge in [0.1, 0.15) is 0 Å². The van der Waals surface area contributed by atoms with Crippen LogP contribution in [0.1, 0.15) is 32.6 Å². The summed E-state index contributed by atoms with van der Waals surface area (Å²) in [5, 5.41) is 17.9. The van der Waals surface area contributed by atoms with Crippen LogP contribution in [-0.2, 0) is 0 Å². The Hall–Kier alpha value is -0.120. The molecule has 2 atom stereocenters. The van der Waals surface area contributed by atoms with Gasteiger partial charge < -0.3 is 10.2 Å². The highest BCUT2D eigenvalue weighted by molar-refractivity contribution is 4.75. The quantitative estimate of drug-likeness (QED) is 0.697. The van der Waals surface area contributed by atoms with Crippen molar-refractivity contribution >= 4 is 0 Å². The Morgan fingerprint density at radius 3 is 2.20 bits per heavy atom. The van der Waals surface area contributed by atoms with Gasteiger partial charge in [0, 0.05) is 19.6 Å². The van der Waals surface area contributed by atoms with Crippen molar-refractivity contribution < 1.29 is 10.2 Å². The van der Waals surface area contributed by atoms with Crippen LogP contribution in [0.15, 0.2) is 0 Å². The topological polar surface area (TPSA) is 43.7 Å². The first kappa shape index (κ1) is 12.9. The van der Waals surface area contributed by atoms with E-state index in [4.69, 9.17) is 10.2 Å². The average Bonchev–Trinajstić information content (AvgIpc) is 2.22. The van der Waals surface area contributed by atoms with E-state index in [1.54, 1.807) is 0 Å². The van der Waals surface area contributed by atoms with E-state index in [1.807, 2.05) is 0 Å². The highest BCUT2D eigenvalue weighted by atomic mass is 16.3. The van der Waals surface area contributed by atoms with Crippen LogP contribution in [0.3, 0.4) is 0 Å². The Bertz CT molecular complexity index is 158. The van der Waals surface area contributed by atoms with Gasteiger partial charge in [0.2, 0.25) is 0 Å². The van der Waals surface area contributed by atoms with Crippen LogP contribution in [0.4, 0.5) is 0 Å². The van der Waals surface area contributed by atoms with Crippen molar-refractivity contribution in [3.05, 3.63) is 0 Å². The minimum atomic E-state index is 0.196. The molecule has 0 saturated heterocycles. The second-order valence-corrected chi connectivity index (χ2v) is 4.77. The molecular weight excluding hydrogens is 190 g/mol. The molecule has 0 aromatic heterocycles. The Morgan fingerprint density at radius 1 is 1.07 bits per heavy atom. The molecular formula is C12H25NO2. The second kappa shape index (κ2) is 7.20. The maximum Gasteiger partial charge on any atom is 0.0558 e. The predicted octanol–water partition coefficient (Wildman–Crippen LogP) is 1.10. The molecule has 1 rings (SSSR count). The van der Waals surface area contributed by atoms with Crippen LogP contribution in [0, 0.1) is 11.8 Å². The summed E-state index contributed by atoms with van der Waals surface area (Å²) in [7, 11) is 0. The van der Waals surface area contributed by atoms with Crippen molar-refractivity contribution in [2.75, 3.05) is 32.8 Å². The fourth-order valence-electron chi connectivity index (χ4n) is 2.57. The first-order chi connectivity index (χ1) is 7.27. The molecule has 0 aliphatic heterocycles. The molecule has 2 unspecified atom stereocenters. The van der Waals surface area contributed by atoms with Gasteiger partial charge in [-0.05, 0) is 18.3 Å². The van der Waals surface area contributed by atoms with Gasteiger partial charge in [-0.1, -0.05) is 26.2 Å². The maximum atomic E-state index is 8.94. The van der Waals surface area contributed by atoms with E-state index >= 15 is 0 Å². The normalized spacial score (nSPS) is 27.2. The van der Waals surface area contributed by atoms with E-state index in [0.29, 0.717) is 13.1 Å². The zero-order valence-electron chi connectivity index (χ0n) is 9.86. The van der Waals surface area contributed by atoms with Gasteiger partial charge in [-0.15, -0.1) is 0 Å². The fourth-order valence-corrected chi connectivity index (χ4v) is 2.57. The maximum absolute atomic E-state index is 8.94. The van der Waals surface area contributed by atoms with Crippen molar-refractivity contribution in [2.24, 2.45) is 11.8 Å². The number of hydrogen-bond donors (Lipinski definition) is 2. The Balaban J connectivity index is 2.33. The first-order valence-corrected chi connectivity index (χ1v) is 6.22. The highest BCUT2D eigenvalue weighted by Crippen LogP contribution is 2.29. The summed E-state index contributed by atoms with van der Waals surface area (Å²) in [6, 6.07) is 0. The standard InChI is InChI=1S/C12H25NO2/c1-11-4-2-3-5-12(11)10-13(6-8-14)7-9-15/h11-12,14-15H,2-10H2,1H3. The predicted molar refractivity (Wildman–Crippen MR) is 61.7 cm³/mol. The summed E-state index contributed by atoms with van der Waals surface area (Å²) < 4.78 is 0. The van der Waals surface area contributed by atoms with Crippen LogP contribution in [-0.4, -0.2) is 48.0 Å². The number of nitrogens with zero attached hydrogens (tertiary/aromatic N) is 1. The molecule has 0 aromatic carbocycles. The lowest BCUT2D eigenvalue weighted by Gasteiger charge is -2.33. The third kappa shape index (κ3) is 4.49. The summed E-state index contributed by atoms with van der Waals surface area (Å²) in [6.07, 6.45) is 5.38.